The molecule has 0 spiro atoms. The molecule has 0 unspecified atom stereocenters. The van der Waals surface area contributed by atoms with Crippen molar-refractivity contribution < 1.29 is 19.1 Å². The molecule has 0 saturated heterocycles. The van der Waals surface area contributed by atoms with E-state index in [1.54, 1.807) is 31.4 Å². The summed E-state index contributed by atoms with van der Waals surface area (Å²) in [5.74, 6) is 0.846. The van der Waals surface area contributed by atoms with Gasteiger partial charge in [-0.2, -0.15) is 5.10 Å². The van der Waals surface area contributed by atoms with Gasteiger partial charge in [0, 0.05) is 23.4 Å². The number of thiazole rings is 1. The fourth-order valence-electron chi connectivity index (χ4n) is 3.92. The maximum atomic E-state index is 13.3. The number of benzene rings is 2. The van der Waals surface area contributed by atoms with Gasteiger partial charge >= 0.3 is 0 Å². The molecule has 0 aliphatic carbocycles. The fourth-order valence-corrected chi connectivity index (χ4v) is 4.74. The van der Waals surface area contributed by atoms with Gasteiger partial charge in [-0.25, -0.2) is 9.99 Å². The van der Waals surface area contributed by atoms with Crippen molar-refractivity contribution in [3.63, 3.8) is 0 Å². The minimum Gasteiger partial charge on any atom is -0.493 e. The number of hydrogen-bond donors (Lipinski definition) is 1. The van der Waals surface area contributed by atoms with Crippen molar-refractivity contribution in [1.82, 2.24) is 9.99 Å². The van der Waals surface area contributed by atoms with E-state index in [0.717, 1.165) is 29.1 Å². The largest absolute Gasteiger partial charge is 0.493 e. The number of nitrogens with zero attached hydrogens (tertiary/aromatic N) is 3. The van der Waals surface area contributed by atoms with Gasteiger partial charge in [0.25, 0.3) is 11.8 Å². The Hall–Kier alpha value is -3.72. The highest BCUT2D eigenvalue weighted by atomic mass is 32.1. The number of nitrogens with one attached hydrogen (secondary N) is 1. The standard InChI is InChI=1S/C26H28N4O4S/c1-5-34-23-15-18(11-12-22(23)33-4)21-10-7-13-30(29-21)26(32)19-8-6-9-20(14-19)28-25(31)24-16(2)27-17(3)35-24/h6,8-9,11-12,14-15H,5,7,10,13H2,1-4H3,(H,28,31). The van der Waals surface area contributed by atoms with Crippen molar-refractivity contribution in [2.24, 2.45) is 5.10 Å². The van der Waals surface area contributed by atoms with Crippen molar-refractivity contribution in [2.75, 3.05) is 25.6 Å². The second-order valence-electron chi connectivity index (χ2n) is 8.06. The van der Waals surface area contributed by atoms with Crippen molar-refractivity contribution in [3.05, 3.63) is 69.2 Å². The predicted molar refractivity (Wildman–Crippen MR) is 137 cm³/mol. The molecular weight excluding hydrogens is 464 g/mol. The van der Waals surface area contributed by atoms with Gasteiger partial charge in [-0.3, -0.25) is 9.59 Å². The first kappa shape index (κ1) is 24.4. The Bertz CT molecular complexity index is 1280. The molecule has 1 aliphatic heterocycles. The van der Waals surface area contributed by atoms with Crippen LogP contribution in [0.5, 0.6) is 11.5 Å². The van der Waals surface area contributed by atoms with E-state index in [9.17, 15) is 9.59 Å². The highest BCUT2D eigenvalue weighted by molar-refractivity contribution is 7.13. The number of carbonyl (C=O) groups is 2. The molecule has 9 heteroatoms. The van der Waals surface area contributed by atoms with Gasteiger partial charge in [0.15, 0.2) is 11.5 Å². The van der Waals surface area contributed by atoms with Crippen LogP contribution >= 0.6 is 11.3 Å². The number of amides is 2. The molecule has 3 aromatic rings. The zero-order valence-electron chi connectivity index (χ0n) is 20.3. The maximum Gasteiger partial charge on any atom is 0.274 e. The number of hydrazone groups is 1. The average molecular weight is 493 g/mol. The molecule has 35 heavy (non-hydrogen) atoms. The Balaban J connectivity index is 1.53. The van der Waals surface area contributed by atoms with Gasteiger partial charge in [-0.15, -0.1) is 11.3 Å². The third-order valence-electron chi connectivity index (χ3n) is 5.53. The van der Waals surface area contributed by atoms with Gasteiger partial charge in [0.1, 0.15) is 4.88 Å². The summed E-state index contributed by atoms with van der Waals surface area (Å²) in [5.41, 5.74) is 3.40. The maximum absolute atomic E-state index is 13.3. The van der Waals surface area contributed by atoms with Crippen LogP contribution in [0.1, 0.15) is 56.1 Å². The van der Waals surface area contributed by atoms with Gasteiger partial charge < -0.3 is 14.8 Å². The smallest absolute Gasteiger partial charge is 0.274 e. The van der Waals surface area contributed by atoms with Crippen LogP contribution in [0.3, 0.4) is 0 Å². The van der Waals surface area contributed by atoms with Crippen molar-refractivity contribution in [3.8, 4) is 11.5 Å². The molecule has 182 valence electrons. The van der Waals surface area contributed by atoms with Crippen LogP contribution in [-0.4, -0.2) is 47.8 Å². The SMILES string of the molecule is CCOc1cc(C2=NN(C(=O)c3cccc(NC(=O)c4sc(C)nc4C)c3)CCC2)ccc1OC. The van der Waals surface area contributed by atoms with Gasteiger partial charge in [0.05, 0.1) is 30.1 Å². The van der Waals surface area contributed by atoms with E-state index < -0.39 is 0 Å². The van der Waals surface area contributed by atoms with Crippen LogP contribution in [0.4, 0.5) is 5.69 Å². The summed E-state index contributed by atoms with van der Waals surface area (Å²) in [7, 11) is 1.60. The second kappa shape index (κ2) is 10.7. The van der Waals surface area contributed by atoms with Gasteiger partial charge in [-0.1, -0.05) is 6.07 Å². The molecule has 0 radical (unpaired) electrons. The third-order valence-corrected chi connectivity index (χ3v) is 6.60. The van der Waals surface area contributed by atoms with E-state index in [1.807, 2.05) is 39.0 Å². The normalized spacial score (nSPS) is 13.3. The molecule has 1 N–H and O–H groups in total. The molecule has 0 saturated carbocycles. The van der Waals surface area contributed by atoms with Crippen LogP contribution in [0.25, 0.3) is 0 Å². The highest BCUT2D eigenvalue weighted by Gasteiger charge is 2.22. The van der Waals surface area contributed by atoms with E-state index in [-0.39, 0.29) is 11.8 Å². The number of methoxy groups -OCH3 is 1. The number of ether oxygens (including phenoxy) is 2. The predicted octanol–water partition coefficient (Wildman–Crippen LogP) is 5.06. The Kier molecular flexibility index (Phi) is 7.45. The summed E-state index contributed by atoms with van der Waals surface area (Å²) in [5, 5.41) is 9.84. The molecule has 0 bridgehead atoms. The number of carbonyl (C=O) groups excluding carboxylic acids is 2. The minimum absolute atomic E-state index is 0.221. The topological polar surface area (TPSA) is 93.1 Å². The van der Waals surface area contributed by atoms with Crippen LogP contribution in [0, 0.1) is 13.8 Å². The lowest BCUT2D eigenvalue weighted by Crippen LogP contribution is -2.32. The van der Waals surface area contributed by atoms with Crippen molar-refractivity contribution in [1.29, 1.82) is 0 Å². The summed E-state index contributed by atoms with van der Waals surface area (Å²) in [4.78, 5) is 30.8. The van der Waals surface area contributed by atoms with Crippen molar-refractivity contribution >= 4 is 34.6 Å². The number of aryl methyl sites for hydroxylation is 2. The van der Waals surface area contributed by atoms with Gasteiger partial charge in [0.2, 0.25) is 0 Å². The van der Waals surface area contributed by atoms with Crippen LogP contribution in [0.15, 0.2) is 47.6 Å². The molecule has 8 nitrogen and oxygen atoms in total. The number of hydrogen-bond acceptors (Lipinski definition) is 7. The van der Waals surface area contributed by atoms with Gasteiger partial charge in [-0.05, 0) is 70.0 Å². The van der Waals surface area contributed by atoms with E-state index in [0.29, 0.717) is 46.5 Å². The van der Waals surface area contributed by atoms with Crippen LogP contribution in [0.2, 0.25) is 0 Å². The summed E-state index contributed by atoms with van der Waals surface area (Å²) in [6.07, 6.45) is 1.55. The molecule has 1 aliphatic rings. The first-order chi connectivity index (χ1) is 16.9. The monoisotopic (exact) mass is 492 g/mol. The van der Waals surface area contributed by atoms with E-state index >= 15 is 0 Å². The lowest BCUT2D eigenvalue weighted by Gasteiger charge is -2.24. The molecule has 2 aromatic carbocycles. The summed E-state index contributed by atoms with van der Waals surface area (Å²) < 4.78 is 11.1. The molecule has 2 amide bonds. The number of anilines is 1. The highest BCUT2D eigenvalue weighted by Crippen LogP contribution is 2.30. The zero-order valence-corrected chi connectivity index (χ0v) is 21.1. The fraction of sp³-hybridized carbons (Fsp3) is 0.308. The van der Waals surface area contributed by atoms with E-state index in [1.165, 1.54) is 16.3 Å². The third kappa shape index (κ3) is 5.51. The van der Waals surface area contributed by atoms with Crippen LogP contribution < -0.4 is 14.8 Å². The number of aromatic nitrogens is 1. The zero-order chi connectivity index (χ0) is 24.9. The molecule has 2 heterocycles. The molecule has 1 aromatic heterocycles. The first-order valence-electron chi connectivity index (χ1n) is 11.5. The molecule has 0 atom stereocenters. The number of rotatable bonds is 7. The molecule has 0 fully saturated rings. The Morgan fingerprint density at radius 3 is 2.69 bits per heavy atom. The minimum atomic E-state index is -0.236. The molecule has 4 rings (SSSR count). The quantitative estimate of drug-likeness (QED) is 0.498. The lowest BCUT2D eigenvalue weighted by atomic mass is 10.0. The Labute approximate surface area is 208 Å². The van der Waals surface area contributed by atoms with Crippen LogP contribution in [-0.2, 0) is 0 Å². The summed E-state index contributed by atoms with van der Waals surface area (Å²) in [6, 6.07) is 12.6. The second-order valence-corrected chi connectivity index (χ2v) is 9.26. The molecular formula is C26H28N4O4S. The average Bonchev–Trinajstić information content (AvgIpc) is 3.22. The van der Waals surface area contributed by atoms with E-state index in [4.69, 9.17) is 9.47 Å². The summed E-state index contributed by atoms with van der Waals surface area (Å²) in [6.45, 7) is 6.63. The Morgan fingerprint density at radius 2 is 1.97 bits per heavy atom. The van der Waals surface area contributed by atoms with Crippen molar-refractivity contribution in [2.45, 2.75) is 33.6 Å². The summed E-state index contributed by atoms with van der Waals surface area (Å²) >= 11 is 1.35. The Morgan fingerprint density at radius 1 is 1.14 bits per heavy atom. The van der Waals surface area contributed by atoms with E-state index in [2.05, 4.69) is 15.4 Å². The first-order valence-corrected chi connectivity index (χ1v) is 12.3. The lowest BCUT2D eigenvalue weighted by molar-refractivity contribution is 0.0751.